The molecule has 0 spiro atoms. The highest BCUT2D eigenvalue weighted by Gasteiger charge is 2.27. The topological polar surface area (TPSA) is 103 Å². The zero-order chi connectivity index (χ0) is 14.5. The fourth-order valence-electron chi connectivity index (χ4n) is 1.09. The van der Waals surface area contributed by atoms with Crippen molar-refractivity contribution in [2.24, 2.45) is 0 Å². The summed E-state index contributed by atoms with van der Waals surface area (Å²) in [4.78, 5) is 10.4. The summed E-state index contributed by atoms with van der Waals surface area (Å²) in [6.07, 6.45) is -4.39. The van der Waals surface area contributed by atoms with Crippen molar-refractivity contribution in [2.45, 2.75) is 17.9 Å². The van der Waals surface area contributed by atoms with Gasteiger partial charge in [-0.25, -0.2) is 0 Å². The van der Waals surface area contributed by atoms with Gasteiger partial charge in [0, 0.05) is 0 Å². The molecule has 0 aromatic carbocycles. The summed E-state index contributed by atoms with van der Waals surface area (Å²) in [6, 6.07) is 0. The molecule has 108 valence electrons. The summed E-state index contributed by atoms with van der Waals surface area (Å²) < 4.78 is 41.2. The van der Waals surface area contributed by atoms with Crippen LogP contribution in [0, 0.1) is 0 Å². The Bertz CT molecular complexity index is 437. The first-order valence-electron chi connectivity index (χ1n) is 4.97. The molecule has 1 aromatic heterocycles. The highest BCUT2D eigenvalue weighted by atomic mass is 32.2. The fraction of sp³-hybridized carbons (Fsp3) is 0.625. The van der Waals surface area contributed by atoms with Crippen LogP contribution in [-0.2, 0) is 16.1 Å². The summed E-state index contributed by atoms with van der Waals surface area (Å²) >= 11 is 0.872. The zero-order valence-corrected chi connectivity index (χ0v) is 10.4. The van der Waals surface area contributed by atoms with Gasteiger partial charge in [-0.3, -0.25) is 9.36 Å². The first-order chi connectivity index (χ1) is 8.79. The highest BCUT2D eigenvalue weighted by molar-refractivity contribution is 7.99. The molecular weight excluding hydrogens is 289 g/mol. The maximum atomic E-state index is 11.8. The number of aliphatic carboxylic acids is 1. The minimum Gasteiger partial charge on any atom is -0.481 e. The normalized spacial score (nSPS) is 11.7. The molecule has 0 radical (unpaired) electrons. The van der Waals surface area contributed by atoms with Crippen LogP contribution in [0.5, 0.6) is 0 Å². The number of aromatic nitrogens is 3. The average molecular weight is 300 g/mol. The molecule has 1 rings (SSSR count). The van der Waals surface area contributed by atoms with E-state index in [4.69, 9.17) is 10.8 Å². The van der Waals surface area contributed by atoms with Crippen LogP contribution >= 0.6 is 11.8 Å². The Morgan fingerprint density at radius 2 is 2.16 bits per heavy atom. The fourth-order valence-corrected chi connectivity index (χ4v) is 1.78. The number of rotatable bonds is 7. The van der Waals surface area contributed by atoms with Crippen LogP contribution in [0.15, 0.2) is 5.16 Å². The summed E-state index contributed by atoms with van der Waals surface area (Å²) in [6.45, 7) is -1.58. The van der Waals surface area contributed by atoms with E-state index >= 15 is 0 Å². The minimum atomic E-state index is -4.39. The first kappa shape index (κ1) is 15.6. The molecule has 7 nitrogen and oxygen atoms in total. The lowest BCUT2D eigenvalue weighted by Crippen LogP contribution is -2.19. The molecule has 0 amide bonds. The van der Waals surface area contributed by atoms with Gasteiger partial charge in [0.1, 0.15) is 6.61 Å². The Morgan fingerprint density at radius 3 is 2.74 bits per heavy atom. The third-order valence-electron chi connectivity index (χ3n) is 1.80. The van der Waals surface area contributed by atoms with Crippen LogP contribution in [0.2, 0.25) is 0 Å². The molecule has 0 saturated carbocycles. The van der Waals surface area contributed by atoms with E-state index in [0.29, 0.717) is 0 Å². The Kier molecular flexibility index (Phi) is 5.42. The molecule has 0 saturated heterocycles. The molecule has 1 heterocycles. The standard InChI is InChI=1S/C8H11F3N4O3S/c9-8(10,11)4-18-2-1-15-6(12)13-14-7(15)19-3-5(16)17/h1-4H2,(H2,12,13)(H,16,17). The predicted octanol–water partition coefficient (Wildman–Crippen LogP) is 0.616. The number of anilines is 1. The Balaban J connectivity index is 2.48. The van der Waals surface area contributed by atoms with Gasteiger partial charge in [-0.05, 0) is 0 Å². The van der Waals surface area contributed by atoms with E-state index in [1.807, 2.05) is 0 Å². The highest BCUT2D eigenvalue weighted by Crippen LogP contribution is 2.18. The quantitative estimate of drug-likeness (QED) is 0.562. The zero-order valence-electron chi connectivity index (χ0n) is 9.55. The van der Waals surface area contributed by atoms with E-state index in [1.54, 1.807) is 0 Å². The second-order valence-electron chi connectivity index (χ2n) is 3.34. The predicted molar refractivity (Wildman–Crippen MR) is 59.7 cm³/mol. The number of nitrogens with two attached hydrogens (primary N) is 1. The third-order valence-corrected chi connectivity index (χ3v) is 2.75. The second-order valence-corrected chi connectivity index (χ2v) is 4.29. The van der Waals surface area contributed by atoms with Crippen LogP contribution < -0.4 is 5.73 Å². The van der Waals surface area contributed by atoms with Crippen LogP contribution in [0.1, 0.15) is 0 Å². The van der Waals surface area contributed by atoms with Crippen LogP contribution in [0.3, 0.4) is 0 Å². The number of carboxylic acid groups (broad SMARTS) is 1. The van der Waals surface area contributed by atoms with Crippen LogP contribution in [-0.4, -0.2) is 51.0 Å². The number of hydrogen-bond acceptors (Lipinski definition) is 6. The maximum Gasteiger partial charge on any atom is 0.411 e. The van der Waals surface area contributed by atoms with Gasteiger partial charge in [-0.1, -0.05) is 11.8 Å². The van der Waals surface area contributed by atoms with Gasteiger partial charge in [0.2, 0.25) is 5.95 Å². The molecule has 1 aromatic rings. The van der Waals surface area contributed by atoms with Gasteiger partial charge in [-0.2, -0.15) is 13.2 Å². The lowest BCUT2D eigenvalue weighted by Gasteiger charge is -2.09. The van der Waals surface area contributed by atoms with Gasteiger partial charge >= 0.3 is 12.1 Å². The summed E-state index contributed by atoms with van der Waals surface area (Å²) in [5.74, 6) is -1.31. The van der Waals surface area contributed by atoms with Gasteiger partial charge in [-0.15, -0.1) is 10.2 Å². The van der Waals surface area contributed by atoms with E-state index in [9.17, 15) is 18.0 Å². The molecule has 0 aliphatic carbocycles. The number of ether oxygens (including phenoxy) is 1. The number of thioether (sulfide) groups is 1. The van der Waals surface area contributed by atoms with Crippen molar-refractivity contribution in [3.8, 4) is 0 Å². The molecule has 0 aliphatic rings. The van der Waals surface area contributed by atoms with Gasteiger partial charge in [0.15, 0.2) is 5.16 Å². The van der Waals surface area contributed by atoms with Crippen molar-refractivity contribution >= 4 is 23.7 Å². The SMILES string of the molecule is Nc1nnc(SCC(=O)O)n1CCOCC(F)(F)F. The smallest absolute Gasteiger partial charge is 0.411 e. The number of hydrogen-bond donors (Lipinski definition) is 2. The number of nitrogens with zero attached hydrogens (tertiary/aromatic N) is 3. The largest absolute Gasteiger partial charge is 0.481 e. The molecule has 0 aliphatic heterocycles. The number of nitrogen functional groups attached to an aromatic ring is 1. The number of halogens is 3. The lowest BCUT2D eigenvalue weighted by molar-refractivity contribution is -0.174. The molecule has 19 heavy (non-hydrogen) atoms. The van der Waals surface area contributed by atoms with Crippen molar-refractivity contribution in [1.82, 2.24) is 14.8 Å². The van der Waals surface area contributed by atoms with E-state index in [1.165, 1.54) is 4.57 Å². The van der Waals surface area contributed by atoms with E-state index in [2.05, 4.69) is 14.9 Å². The monoisotopic (exact) mass is 300 g/mol. The van der Waals surface area contributed by atoms with Crippen molar-refractivity contribution in [3.05, 3.63) is 0 Å². The second kappa shape index (κ2) is 6.61. The van der Waals surface area contributed by atoms with E-state index in [0.717, 1.165) is 11.8 Å². The van der Waals surface area contributed by atoms with Gasteiger partial charge in [0.05, 0.1) is 18.9 Å². The molecule has 3 N–H and O–H groups in total. The Labute approximate surface area is 109 Å². The average Bonchev–Trinajstić information content (AvgIpc) is 2.62. The van der Waals surface area contributed by atoms with Crippen molar-refractivity contribution in [1.29, 1.82) is 0 Å². The molecule has 0 bridgehead atoms. The Morgan fingerprint density at radius 1 is 1.47 bits per heavy atom. The Hall–Kier alpha value is -1.49. The van der Waals surface area contributed by atoms with Crippen molar-refractivity contribution < 1.29 is 27.8 Å². The molecule has 0 unspecified atom stereocenters. The van der Waals surface area contributed by atoms with E-state index in [-0.39, 0.29) is 30.0 Å². The number of alkyl halides is 3. The number of carbonyl (C=O) groups is 1. The van der Waals surface area contributed by atoms with Crippen molar-refractivity contribution in [3.63, 3.8) is 0 Å². The van der Waals surface area contributed by atoms with Crippen LogP contribution in [0.4, 0.5) is 19.1 Å². The molecule has 0 atom stereocenters. The molecule has 0 fully saturated rings. The first-order valence-corrected chi connectivity index (χ1v) is 5.96. The number of carboxylic acids is 1. The molecule has 11 heteroatoms. The maximum absolute atomic E-state index is 11.8. The summed E-state index contributed by atoms with van der Waals surface area (Å²) in [5, 5.41) is 15.9. The molecular formula is C8H11F3N4O3S. The van der Waals surface area contributed by atoms with Gasteiger partial charge < -0.3 is 15.6 Å². The van der Waals surface area contributed by atoms with E-state index < -0.39 is 18.8 Å². The summed E-state index contributed by atoms with van der Waals surface area (Å²) in [7, 11) is 0. The lowest BCUT2D eigenvalue weighted by atomic mass is 10.6. The van der Waals surface area contributed by atoms with Crippen molar-refractivity contribution in [2.75, 3.05) is 24.7 Å². The minimum absolute atomic E-state index is 0.0107. The third kappa shape index (κ3) is 5.79. The summed E-state index contributed by atoms with van der Waals surface area (Å²) in [5.41, 5.74) is 5.47. The van der Waals surface area contributed by atoms with Crippen LogP contribution in [0.25, 0.3) is 0 Å². The van der Waals surface area contributed by atoms with Gasteiger partial charge in [0.25, 0.3) is 0 Å².